The van der Waals surface area contributed by atoms with Gasteiger partial charge in [0.1, 0.15) is 11.8 Å². The number of nitrogens with one attached hydrogen (secondary N) is 2. The molecule has 0 radical (unpaired) electrons. The minimum atomic E-state index is -4.05. The lowest BCUT2D eigenvalue weighted by Crippen LogP contribution is -2.33. The van der Waals surface area contributed by atoms with Crippen LogP contribution in [0.3, 0.4) is 0 Å². The van der Waals surface area contributed by atoms with Gasteiger partial charge in [0.2, 0.25) is 5.69 Å². The Morgan fingerprint density at radius 1 is 1.07 bits per heavy atom. The Bertz CT molecular complexity index is 2160. The van der Waals surface area contributed by atoms with Gasteiger partial charge in [-0.05, 0) is 49.4 Å². The fourth-order valence-corrected chi connectivity index (χ4v) is 6.04. The van der Waals surface area contributed by atoms with E-state index in [0.29, 0.717) is 0 Å². The van der Waals surface area contributed by atoms with Gasteiger partial charge in [0.15, 0.2) is 5.75 Å². The van der Waals surface area contributed by atoms with Crippen molar-refractivity contribution >= 4 is 50.0 Å². The van der Waals surface area contributed by atoms with Crippen LogP contribution in [0.25, 0.3) is 16.6 Å². The quantitative estimate of drug-likeness (QED) is 0.288. The number of carbonyl (C=O) groups is 1. The number of H-pyrrole nitrogens is 1. The number of halogens is 2. The lowest BCUT2D eigenvalue weighted by Gasteiger charge is -2.13. The molecule has 0 bridgehead atoms. The molecule has 0 aliphatic rings. The fourth-order valence-electron chi connectivity index (χ4n) is 4.11. The summed E-state index contributed by atoms with van der Waals surface area (Å²) < 4.78 is 34.7. The van der Waals surface area contributed by atoms with Crippen molar-refractivity contribution < 1.29 is 17.9 Å². The van der Waals surface area contributed by atoms with E-state index in [1.54, 1.807) is 18.2 Å². The highest BCUT2D eigenvalue weighted by molar-refractivity contribution is 7.90. The normalized spacial score (nSPS) is 11.3. The van der Waals surface area contributed by atoms with Crippen molar-refractivity contribution in [3.63, 3.8) is 0 Å². The van der Waals surface area contributed by atoms with Crippen molar-refractivity contribution in [1.82, 2.24) is 24.1 Å². The van der Waals surface area contributed by atoms with Crippen LogP contribution >= 0.6 is 23.2 Å². The second-order valence-corrected chi connectivity index (χ2v) is 11.5. The largest absolute Gasteiger partial charge is 0.454 e. The molecule has 0 spiro atoms. The number of aryl methyl sites for hydroxylation is 1. The lowest BCUT2D eigenvalue weighted by molar-refractivity contribution is 0.0964. The minimum Gasteiger partial charge on any atom is -0.454 e. The molecule has 2 heterocycles. The Morgan fingerprint density at radius 2 is 1.74 bits per heavy atom. The molecule has 3 aromatic carbocycles. The number of hydrogen-bond donors (Lipinski definition) is 2. The molecule has 12 nitrogen and oxygen atoms in total. The summed E-state index contributed by atoms with van der Waals surface area (Å²) in [4.78, 5) is 38.7. The van der Waals surface area contributed by atoms with Gasteiger partial charge in [-0.3, -0.25) is 14.6 Å². The van der Waals surface area contributed by atoms with Crippen LogP contribution in [0.2, 0.25) is 10.0 Å². The van der Waals surface area contributed by atoms with Crippen molar-refractivity contribution in [3.05, 3.63) is 108 Å². The van der Waals surface area contributed by atoms with E-state index < -0.39 is 32.9 Å². The number of nitriles is 1. The van der Waals surface area contributed by atoms with Crippen LogP contribution in [0.5, 0.6) is 11.5 Å². The van der Waals surface area contributed by atoms with Crippen LogP contribution in [-0.2, 0) is 10.0 Å². The smallest absolute Gasteiger partial charge is 0.349 e. The molecule has 5 rings (SSSR count). The van der Waals surface area contributed by atoms with Gasteiger partial charge < -0.3 is 10.1 Å². The zero-order chi connectivity index (χ0) is 30.3. The van der Waals surface area contributed by atoms with Crippen LogP contribution in [0.15, 0.2) is 75.3 Å². The first kappa shape index (κ1) is 28.6. The van der Waals surface area contributed by atoms with E-state index in [9.17, 15) is 22.8 Å². The number of carbonyl (C=O) groups excluding carboxylic acids is 1. The number of aromatic nitrogens is 4. The third-order valence-electron chi connectivity index (χ3n) is 6.17. The van der Waals surface area contributed by atoms with Crippen molar-refractivity contribution in [2.45, 2.75) is 11.8 Å². The van der Waals surface area contributed by atoms with Gasteiger partial charge in [-0.25, -0.2) is 17.2 Å². The lowest BCUT2D eigenvalue weighted by atomic mass is 10.1. The standard InChI is InChI=1S/C27H18Cl2N6O6S/c1-14-3-6-17(7-4-14)42(39,40)34-13-19(25(36)31-2)18-11-16(5-8-23(18)34)41-24-20(28)9-15(10-21(24)29)35-27(38)32-26(37)22(12-30)33-35/h3-11,13H,1-2H3,(H,31,36)(H,32,37,38). The molecule has 2 aromatic heterocycles. The van der Waals surface area contributed by atoms with Gasteiger partial charge in [-0.15, -0.1) is 5.10 Å². The first-order valence-electron chi connectivity index (χ1n) is 11.9. The summed E-state index contributed by atoms with van der Waals surface area (Å²) >= 11 is 12.8. The zero-order valence-electron chi connectivity index (χ0n) is 21.7. The van der Waals surface area contributed by atoms with Crippen molar-refractivity contribution in [2.24, 2.45) is 0 Å². The average Bonchev–Trinajstić information content (AvgIpc) is 3.34. The monoisotopic (exact) mass is 624 g/mol. The summed E-state index contributed by atoms with van der Waals surface area (Å²) in [5, 5.41) is 15.5. The van der Waals surface area contributed by atoms with Gasteiger partial charge in [-0.2, -0.15) is 9.94 Å². The zero-order valence-corrected chi connectivity index (χ0v) is 24.0. The van der Waals surface area contributed by atoms with E-state index in [1.165, 1.54) is 55.7 Å². The first-order valence-corrected chi connectivity index (χ1v) is 14.1. The summed E-state index contributed by atoms with van der Waals surface area (Å²) in [6.45, 7) is 1.84. The third kappa shape index (κ3) is 5.03. The highest BCUT2D eigenvalue weighted by Crippen LogP contribution is 2.39. The predicted molar refractivity (Wildman–Crippen MR) is 154 cm³/mol. The molecule has 5 aromatic rings. The van der Waals surface area contributed by atoms with Gasteiger partial charge in [0.25, 0.3) is 21.5 Å². The van der Waals surface area contributed by atoms with E-state index in [1.807, 2.05) is 11.9 Å². The number of ether oxygens (including phenoxy) is 1. The summed E-state index contributed by atoms with van der Waals surface area (Å²) in [5.41, 5.74) is -1.16. The van der Waals surface area contributed by atoms with Crippen LogP contribution in [0, 0.1) is 18.3 Å². The van der Waals surface area contributed by atoms with E-state index in [2.05, 4.69) is 10.4 Å². The molecule has 0 unspecified atom stereocenters. The van der Waals surface area contributed by atoms with Crippen LogP contribution in [0.4, 0.5) is 0 Å². The van der Waals surface area contributed by atoms with Crippen LogP contribution in [0.1, 0.15) is 21.6 Å². The molecule has 42 heavy (non-hydrogen) atoms. The SMILES string of the molecule is CNC(=O)c1cn(S(=O)(=O)c2ccc(C)cc2)c2ccc(Oc3c(Cl)cc(-n4nc(C#N)c(=O)[nH]c4=O)cc3Cl)cc12. The second kappa shape index (κ2) is 10.8. The molecular formula is C27H18Cl2N6O6S. The van der Waals surface area contributed by atoms with Crippen molar-refractivity contribution in [3.8, 4) is 23.3 Å². The highest BCUT2D eigenvalue weighted by Gasteiger charge is 2.24. The maximum absolute atomic E-state index is 13.5. The average molecular weight is 625 g/mol. The predicted octanol–water partition coefficient (Wildman–Crippen LogP) is 3.75. The maximum atomic E-state index is 13.5. The topological polar surface area (TPSA) is 169 Å². The Labute approximate surface area is 247 Å². The van der Waals surface area contributed by atoms with Crippen LogP contribution < -0.4 is 21.3 Å². The number of aromatic amines is 1. The second-order valence-electron chi connectivity index (χ2n) is 8.89. The third-order valence-corrected chi connectivity index (χ3v) is 8.42. The van der Waals surface area contributed by atoms with E-state index in [4.69, 9.17) is 33.2 Å². The molecule has 0 aliphatic heterocycles. The number of rotatable bonds is 6. The fraction of sp³-hybridized carbons (Fsp3) is 0.0741. The molecule has 0 saturated carbocycles. The molecule has 15 heteroatoms. The molecule has 0 fully saturated rings. The molecule has 0 atom stereocenters. The van der Waals surface area contributed by atoms with Gasteiger partial charge in [0.05, 0.1) is 31.7 Å². The number of benzene rings is 3. The van der Waals surface area contributed by atoms with E-state index in [0.717, 1.165) is 14.2 Å². The van der Waals surface area contributed by atoms with Gasteiger partial charge in [-0.1, -0.05) is 40.9 Å². The number of nitrogens with zero attached hydrogens (tertiary/aromatic N) is 4. The molecule has 212 valence electrons. The Morgan fingerprint density at radius 3 is 2.36 bits per heavy atom. The first-order chi connectivity index (χ1) is 19.9. The number of amides is 1. The summed E-state index contributed by atoms with van der Waals surface area (Å²) in [5.74, 6) is -0.376. The molecule has 2 N–H and O–H groups in total. The van der Waals surface area contributed by atoms with E-state index >= 15 is 0 Å². The number of hydrogen-bond acceptors (Lipinski definition) is 8. The molecule has 1 amide bonds. The highest BCUT2D eigenvalue weighted by atomic mass is 35.5. The summed E-state index contributed by atoms with van der Waals surface area (Å²) in [6.07, 6.45) is 1.24. The molecule has 0 aliphatic carbocycles. The van der Waals surface area contributed by atoms with Gasteiger partial charge in [0, 0.05) is 18.6 Å². The maximum Gasteiger partial charge on any atom is 0.349 e. The Balaban J connectivity index is 1.58. The van der Waals surface area contributed by atoms with Crippen LogP contribution in [-0.4, -0.2) is 40.1 Å². The summed E-state index contributed by atoms with van der Waals surface area (Å²) in [7, 11) is -2.63. The Kier molecular flexibility index (Phi) is 7.38. The molecular weight excluding hydrogens is 607 g/mol. The van der Waals surface area contributed by atoms with Crippen molar-refractivity contribution in [2.75, 3.05) is 7.05 Å². The Hall–Kier alpha value is -4.90. The van der Waals surface area contributed by atoms with Gasteiger partial charge >= 0.3 is 5.69 Å². The molecule has 0 saturated heterocycles. The summed E-state index contributed by atoms with van der Waals surface area (Å²) in [6, 6.07) is 14.9. The minimum absolute atomic E-state index is 0.0207. The number of fused-ring (bicyclic) bond motifs is 1. The van der Waals surface area contributed by atoms with E-state index in [-0.39, 0.29) is 48.6 Å². The van der Waals surface area contributed by atoms with Crippen molar-refractivity contribution in [1.29, 1.82) is 5.26 Å².